The molecular formula is C18H7F23O6. The summed E-state index contributed by atoms with van der Waals surface area (Å²) in [7, 11) is 0. The van der Waals surface area contributed by atoms with Gasteiger partial charge in [0, 0.05) is 6.92 Å². The Kier molecular flexibility index (Phi) is 11.0. The fourth-order valence-electron chi connectivity index (χ4n) is 2.44. The quantitative estimate of drug-likeness (QED) is 0.230. The second-order valence-corrected chi connectivity index (χ2v) is 8.23. The molecule has 6 nitrogen and oxygen atoms in total. The number of hydrogen-bond acceptors (Lipinski definition) is 6. The van der Waals surface area contributed by atoms with E-state index in [0.717, 1.165) is 0 Å². The van der Waals surface area contributed by atoms with Gasteiger partial charge in [0.2, 0.25) is 0 Å². The van der Waals surface area contributed by atoms with Crippen LogP contribution in [-0.4, -0.2) is 67.0 Å². The van der Waals surface area contributed by atoms with Crippen LogP contribution < -0.4 is 0 Å². The molecule has 29 heteroatoms. The Morgan fingerprint density at radius 1 is 0.489 bits per heavy atom. The second kappa shape index (κ2) is 12.5. The largest absolute Gasteiger partial charge is 0.470 e. The van der Waals surface area contributed by atoms with E-state index in [4.69, 9.17) is 0 Å². The molecule has 0 aromatic carbocycles. The van der Waals surface area contributed by atoms with Gasteiger partial charge in [0.05, 0.1) is 0 Å². The Hall–Kier alpha value is -3.59. The van der Waals surface area contributed by atoms with Crippen LogP contribution in [0.2, 0.25) is 0 Å². The summed E-state index contributed by atoms with van der Waals surface area (Å²) in [6, 6.07) is 0. The monoisotopic (exact) mass is 756 g/mol. The smallest absolute Gasteiger partial charge is 0.455 e. The van der Waals surface area contributed by atoms with E-state index in [-0.39, 0.29) is 6.92 Å². The molecule has 0 aliphatic carbocycles. The molecule has 0 aromatic rings. The number of hydrogen-bond donors (Lipinski definition) is 0. The van der Waals surface area contributed by atoms with Crippen molar-refractivity contribution >= 4 is 0 Å². The topological polar surface area (TPSA) is 55.4 Å². The zero-order valence-corrected chi connectivity index (χ0v) is 21.1. The highest BCUT2D eigenvalue weighted by atomic mass is 19.4. The van der Waals surface area contributed by atoms with Crippen molar-refractivity contribution in [1.29, 1.82) is 0 Å². The summed E-state index contributed by atoms with van der Waals surface area (Å²) in [4.78, 5) is 0. The maximum atomic E-state index is 13.2. The van der Waals surface area contributed by atoms with Gasteiger partial charge in [-0.1, -0.05) is 0 Å². The lowest BCUT2D eigenvalue weighted by molar-refractivity contribution is -0.475. The maximum Gasteiger partial charge on any atom is 0.470 e. The van der Waals surface area contributed by atoms with Crippen LogP contribution in [0.15, 0.2) is 36.1 Å². The highest BCUT2D eigenvalue weighted by Gasteiger charge is 2.85. The number of rotatable bonds is 0. The third kappa shape index (κ3) is 7.77. The van der Waals surface area contributed by atoms with Gasteiger partial charge in [-0.25, -0.2) is 0 Å². The zero-order chi connectivity index (χ0) is 37.6. The Labute approximate surface area is 240 Å². The minimum absolute atomic E-state index is 0.335. The predicted molar refractivity (Wildman–Crippen MR) is 93.1 cm³/mol. The minimum Gasteiger partial charge on any atom is -0.455 e. The lowest BCUT2D eigenvalue weighted by Gasteiger charge is -2.44. The van der Waals surface area contributed by atoms with E-state index in [2.05, 4.69) is 28.4 Å². The van der Waals surface area contributed by atoms with Crippen LogP contribution in [0.1, 0.15) is 6.92 Å². The van der Waals surface area contributed by atoms with Crippen molar-refractivity contribution in [2.45, 2.75) is 60.7 Å². The van der Waals surface area contributed by atoms with E-state index >= 15 is 0 Å². The van der Waals surface area contributed by atoms with E-state index in [0.29, 0.717) is 0 Å². The molecule has 3 atom stereocenters. The van der Waals surface area contributed by atoms with Crippen LogP contribution in [0.25, 0.3) is 0 Å². The summed E-state index contributed by atoms with van der Waals surface area (Å²) in [5, 5.41) is 0. The van der Waals surface area contributed by atoms with E-state index in [1.54, 1.807) is 0 Å². The van der Waals surface area contributed by atoms with Gasteiger partial charge in [-0.2, -0.15) is 101 Å². The standard InChI is InChI=1S/C7H3F9O2.C6H2F8O2.C5H2F6O2/c1-4(10)5(11,12)6(13,7(14,15)16)18-3(17-4)2(8)9;7-2(8)3-15-1-4(9,10)5(11,16-3)6(12,13)14;6-2(7)3-12-1-4(8,9)5(10,11)13-3/h1H3;1H2;1H2. The summed E-state index contributed by atoms with van der Waals surface area (Å²) in [6.07, 6.45) is -26.5. The summed E-state index contributed by atoms with van der Waals surface area (Å²) >= 11 is 0. The van der Waals surface area contributed by atoms with Crippen LogP contribution in [0, 0.1) is 0 Å². The van der Waals surface area contributed by atoms with Crippen molar-refractivity contribution in [1.82, 2.24) is 0 Å². The molecule has 0 aromatic heterocycles. The van der Waals surface area contributed by atoms with Gasteiger partial charge in [0.25, 0.3) is 0 Å². The molecular weight excluding hydrogens is 749 g/mol. The maximum absolute atomic E-state index is 13.2. The minimum atomic E-state index is -6.46. The number of halogens is 23. The van der Waals surface area contributed by atoms with Gasteiger partial charge in [-0.05, 0) is 0 Å². The molecule has 3 heterocycles. The third-order valence-electron chi connectivity index (χ3n) is 4.79. The number of ether oxygens (including phenoxy) is 6. The van der Waals surface area contributed by atoms with E-state index < -0.39 is 103 Å². The molecule has 276 valence electrons. The SMILES string of the molecule is CC1(F)OC(=C(F)F)OC(F)(C(F)(F)F)C1(F)F.FC(F)=C1OCC(F)(F)C(F)(C(F)(F)F)O1.FC(F)=C1OCC(F)(F)C(F)(F)O1. The molecule has 3 saturated heterocycles. The van der Waals surface area contributed by atoms with E-state index in [1.807, 2.05) is 0 Å². The van der Waals surface area contributed by atoms with Crippen molar-refractivity contribution in [3.05, 3.63) is 36.1 Å². The van der Waals surface area contributed by atoms with Gasteiger partial charge >= 0.3 is 89.9 Å². The first-order valence-electron chi connectivity index (χ1n) is 10.4. The van der Waals surface area contributed by atoms with Gasteiger partial charge in [0.15, 0.2) is 13.2 Å². The molecule has 3 unspecified atom stereocenters. The molecule has 47 heavy (non-hydrogen) atoms. The first kappa shape index (κ1) is 41.4. The van der Waals surface area contributed by atoms with Gasteiger partial charge in [0.1, 0.15) is 0 Å². The molecule has 3 aliphatic heterocycles. The van der Waals surface area contributed by atoms with E-state index in [9.17, 15) is 101 Å². The van der Waals surface area contributed by atoms with Crippen LogP contribution >= 0.6 is 0 Å². The molecule has 3 aliphatic rings. The van der Waals surface area contributed by atoms with Gasteiger partial charge < -0.3 is 28.4 Å². The van der Waals surface area contributed by atoms with Crippen molar-refractivity contribution in [3.63, 3.8) is 0 Å². The first-order chi connectivity index (χ1) is 20.5. The van der Waals surface area contributed by atoms with Crippen molar-refractivity contribution < 1.29 is 129 Å². The lowest BCUT2D eigenvalue weighted by atomic mass is 10.0. The summed E-state index contributed by atoms with van der Waals surface area (Å²) < 4.78 is 301. The van der Waals surface area contributed by atoms with Crippen molar-refractivity contribution in [2.75, 3.05) is 13.2 Å². The average Bonchev–Trinajstić information content (AvgIpc) is 2.85. The Morgan fingerprint density at radius 3 is 1.17 bits per heavy atom. The highest BCUT2D eigenvalue weighted by molar-refractivity contribution is 5.08. The normalized spacial score (nSPS) is 30.5. The molecule has 0 radical (unpaired) electrons. The third-order valence-corrected chi connectivity index (χ3v) is 4.79. The molecule has 3 rings (SSSR count). The van der Waals surface area contributed by atoms with Gasteiger partial charge in [-0.3, -0.25) is 0 Å². The van der Waals surface area contributed by atoms with Crippen LogP contribution in [0.5, 0.6) is 0 Å². The lowest BCUT2D eigenvalue weighted by Crippen LogP contribution is -2.68. The van der Waals surface area contributed by atoms with Crippen LogP contribution in [-0.2, 0) is 28.4 Å². The molecule has 0 amide bonds. The van der Waals surface area contributed by atoms with Crippen molar-refractivity contribution in [3.8, 4) is 0 Å². The molecule has 0 bridgehead atoms. The fraction of sp³-hybridized carbons (Fsp3) is 0.667. The van der Waals surface area contributed by atoms with Crippen LogP contribution in [0.4, 0.5) is 101 Å². The Bertz CT molecular complexity index is 1240. The molecule has 0 spiro atoms. The van der Waals surface area contributed by atoms with Crippen LogP contribution in [0.3, 0.4) is 0 Å². The van der Waals surface area contributed by atoms with Crippen molar-refractivity contribution in [2.24, 2.45) is 0 Å². The first-order valence-corrected chi connectivity index (χ1v) is 10.4. The molecule has 3 fully saturated rings. The average molecular weight is 756 g/mol. The fourth-order valence-corrected chi connectivity index (χ4v) is 2.44. The Balaban J connectivity index is 0.000000357. The highest BCUT2D eigenvalue weighted by Crippen LogP contribution is 2.57. The molecule has 0 N–H and O–H groups in total. The summed E-state index contributed by atoms with van der Waals surface area (Å²) in [5.74, 6) is -38.5. The summed E-state index contributed by atoms with van der Waals surface area (Å²) in [6.45, 7) is -4.37. The Morgan fingerprint density at radius 2 is 0.830 bits per heavy atom. The summed E-state index contributed by atoms with van der Waals surface area (Å²) in [5.41, 5.74) is 0. The second-order valence-electron chi connectivity index (χ2n) is 8.23. The van der Waals surface area contributed by atoms with Gasteiger partial charge in [-0.15, -0.1) is 0 Å². The number of alkyl halides is 17. The predicted octanol–water partition coefficient (Wildman–Crippen LogP) is 8.94. The molecule has 0 saturated carbocycles. The van der Waals surface area contributed by atoms with E-state index in [1.165, 1.54) is 0 Å². The zero-order valence-electron chi connectivity index (χ0n) is 21.1.